The van der Waals surface area contributed by atoms with Crippen LogP contribution in [0.2, 0.25) is 0 Å². The molecule has 148 valence electrons. The number of rotatable bonds is 6. The normalized spacial score (nSPS) is 12.9. The minimum atomic E-state index is -4.53. The molecule has 0 saturated carbocycles. The molecule has 0 bridgehead atoms. The van der Waals surface area contributed by atoms with Crippen molar-refractivity contribution in [2.45, 2.75) is 38.4 Å². The molecule has 0 spiro atoms. The molecule has 3 aromatic rings. The highest BCUT2D eigenvalue weighted by Gasteiger charge is 2.33. The Morgan fingerprint density at radius 2 is 2.14 bits per heavy atom. The minimum Gasteiger partial charge on any atom is -0.383 e. The molecule has 0 saturated heterocycles. The molecule has 0 aliphatic heterocycles. The van der Waals surface area contributed by atoms with Crippen molar-refractivity contribution < 1.29 is 18.0 Å². The van der Waals surface area contributed by atoms with Gasteiger partial charge in [0.25, 0.3) is 5.91 Å². The molecule has 0 radical (unpaired) electrons. The summed E-state index contributed by atoms with van der Waals surface area (Å²) in [5, 5.41) is 2.81. The average molecular weight is 392 g/mol. The smallest absolute Gasteiger partial charge is 0.383 e. The van der Waals surface area contributed by atoms with E-state index in [0.717, 1.165) is 6.07 Å². The van der Waals surface area contributed by atoms with Gasteiger partial charge in [-0.15, -0.1) is 0 Å². The molecular formula is C18H19F3N6O. The van der Waals surface area contributed by atoms with Crippen LogP contribution in [0.4, 0.5) is 19.0 Å². The van der Waals surface area contributed by atoms with Crippen molar-refractivity contribution in [3.63, 3.8) is 0 Å². The van der Waals surface area contributed by atoms with E-state index in [4.69, 9.17) is 5.73 Å². The Morgan fingerprint density at radius 3 is 2.86 bits per heavy atom. The molecule has 3 heterocycles. The first-order chi connectivity index (χ1) is 13.2. The van der Waals surface area contributed by atoms with Crippen molar-refractivity contribution in [3.05, 3.63) is 47.5 Å². The molecule has 0 aromatic carbocycles. The second-order valence-electron chi connectivity index (χ2n) is 6.50. The Morgan fingerprint density at radius 1 is 1.36 bits per heavy atom. The zero-order chi connectivity index (χ0) is 20.3. The molecule has 28 heavy (non-hydrogen) atoms. The molecule has 3 aromatic heterocycles. The lowest BCUT2D eigenvalue weighted by Gasteiger charge is -2.14. The average Bonchev–Trinajstić information content (AvgIpc) is 3.06. The predicted octanol–water partition coefficient (Wildman–Crippen LogP) is 3.10. The molecule has 1 atom stereocenters. The van der Waals surface area contributed by atoms with Crippen LogP contribution < -0.4 is 11.1 Å². The van der Waals surface area contributed by atoms with E-state index in [9.17, 15) is 18.0 Å². The van der Waals surface area contributed by atoms with Crippen LogP contribution in [0.15, 0.2) is 30.6 Å². The Kier molecular flexibility index (Phi) is 5.48. The Balaban J connectivity index is 1.53. The van der Waals surface area contributed by atoms with Gasteiger partial charge in [-0.25, -0.2) is 15.0 Å². The maximum atomic E-state index is 12.9. The van der Waals surface area contributed by atoms with Gasteiger partial charge in [0.15, 0.2) is 11.5 Å². The topological polar surface area (TPSA) is 110 Å². The number of carbonyl (C=O) groups is 1. The summed E-state index contributed by atoms with van der Waals surface area (Å²) in [6, 6.07) is 4.34. The van der Waals surface area contributed by atoms with Crippen LogP contribution in [0.5, 0.6) is 0 Å². The zero-order valence-electron chi connectivity index (χ0n) is 15.0. The van der Waals surface area contributed by atoms with E-state index in [0.29, 0.717) is 36.0 Å². The number of hydrogen-bond donors (Lipinski definition) is 3. The number of alkyl halides is 3. The van der Waals surface area contributed by atoms with Crippen LogP contribution in [-0.2, 0) is 12.6 Å². The van der Waals surface area contributed by atoms with Gasteiger partial charge in [-0.05, 0) is 49.9 Å². The van der Waals surface area contributed by atoms with Gasteiger partial charge >= 0.3 is 6.18 Å². The molecule has 1 amide bonds. The van der Waals surface area contributed by atoms with Gasteiger partial charge in [0.05, 0.1) is 11.1 Å². The van der Waals surface area contributed by atoms with Crippen molar-refractivity contribution in [3.8, 4) is 0 Å². The van der Waals surface area contributed by atoms with Crippen molar-refractivity contribution in [2.24, 2.45) is 0 Å². The molecule has 7 nitrogen and oxygen atoms in total. The van der Waals surface area contributed by atoms with Gasteiger partial charge in [-0.1, -0.05) is 0 Å². The monoisotopic (exact) mass is 392 g/mol. The Labute approximate surface area is 158 Å². The SMILES string of the molecule is C[C@@H](CCCc1cnc(N)c(C(F)(F)F)c1)NC(=O)c1nc2ncccc2[nH]1. The van der Waals surface area contributed by atoms with Crippen molar-refractivity contribution in [1.82, 2.24) is 25.3 Å². The summed E-state index contributed by atoms with van der Waals surface area (Å²) < 4.78 is 38.6. The van der Waals surface area contributed by atoms with Crippen LogP contribution in [0, 0.1) is 0 Å². The van der Waals surface area contributed by atoms with Gasteiger partial charge in [0.1, 0.15) is 5.82 Å². The van der Waals surface area contributed by atoms with Gasteiger partial charge in [0, 0.05) is 18.4 Å². The summed E-state index contributed by atoms with van der Waals surface area (Å²) in [7, 11) is 0. The molecule has 3 rings (SSSR count). The third-order valence-electron chi connectivity index (χ3n) is 4.23. The second-order valence-corrected chi connectivity index (χ2v) is 6.50. The lowest BCUT2D eigenvalue weighted by molar-refractivity contribution is -0.137. The first kappa shape index (κ1) is 19.6. The summed E-state index contributed by atoms with van der Waals surface area (Å²) >= 11 is 0. The number of amides is 1. The number of hydrogen-bond acceptors (Lipinski definition) is 5. The zero-order valence-corrected chi connectivity index (χ0v) is 15.0. The van der Waals surface area contributed by atoms with E-state index < -0.39 is 17.6 Å². The van der Waals surface area contributed by atoms with Gasteiger partial charge in [0.2, 0.25) is 0 Å². The van der Waals surface area contributed by atoms with Crippen LogP contribution in [0.1, 0.15) is 41.5 Å². The minimum absolute atomic E-state index is 0.165. The summed E-state index contributed by atoms with van der Waals surface area (Å²) in [4.78, 5) is 27.0. The molecular weight excluding hydrogens is 373 g/mol. The fourth-order valence-corrected chi connectivity index (χ4v) is 2.81. The largest absolute Gasteiger partial charge is 0.419 e. The molecule has 0 aliphatic carbocycles. The predicted molar refractivity (Wildman–Crippen MR) is 97.4 cm³/mol. The standard InChI is InChI=1S/C18H19F3N6O/c1-10(25-17(28)16-26-13-6-3-7-23-15(13)27-16)4-2-5-11-8-12(18(19,20)21)14(22)24-9-11/h3,6-10H,2,4-5H2,1H3,(H2,22,24)(H,25,28)(H,23,26,27)/t10-/m0/s1. The molecule has 10 heteroatoms. The number of nitrogens with one attached hydrogen (secondary N) is 2. The fraction of sp³-hybridized carbons (Fsp3) is 0.333. The lowest BCUT2D eigenvalue weighted by Crippen LogP contribution is -2.33. The highest BCUT2D eigenvalue weighted by molar-refractivity contribution is 5.93. The van der Waals surface area contributed by atoms with E-state index in [-0.39, 0.29) is 17.8 Å². The molecule has 4 N–H and O–H groups in total. The first-order valence-corrected chi connectivity index (χ1v) is 8.67. The van der Waals surface area contributed by atoms with E-state index in [1.54, 1.807) is 18.3 Å². The van der Waals surface area contributed by atoms with Crippen LogP contribution in [0.25, 0.3) is 11.2 Å². The number of nitrogens with zero attached hydrogens (tertiary/aromatic N) is 3. The fourth-order valence-electron chi connectivity index (χ4n) is 2.81. The third kappa shape index (κ3) is 4.56. The van der Waals surface area contributed by atoms with Gasteiger partial charge < -0.3 is 16.0 Å². The Bertz CT molecular complexity index is 952. The number of aromatic nitrogens is 4. The highest BCUT2D eigenvalue weighted by atomic mass is 19.4. The highest BCUT2D eigenvalue weighted by Crippen LogP contribution is 2.33. The van der Waals surface area contributed by atoms with Crippen molar-refractivity contribution in [1.29, 1.82) is 0 Å². The maximum Gasteiger partial charge on any atom is 0.419 e. The number of H-pyrrole nitrogens is 1. The number of carbonyl (C=O) groups excluding carboxylic acids is 1. The number of nitrogens with two attached hydrogens (primary N) is 1. The lowest BCUT2D eigenvalue weighted by atomic mass is 10.0. The van der Waals surface area contributed by atoms with E-state index in [1.807, 2.05) is 6.92 Å². The van der Waals surface area contributed by atoms with Gasteiger partial charge in [-0.2, -0.15) is 13.2 Å². The third-order valence-corrected chi connectivity index (χ3v) is 4.23. The number of anilines is 1. The number of aryl methyl sites for hydroxylation is 1. The van der Waals surface area contributed by atoms with E-state index >= 15 is 0 Å². The van der Waals surface area contributed by atoms with Crippen LogP contribution >= 0.6 is 0 Å². The molecule has 0 unspecified atom stereocenters. The summed E-state index contributed by atoms with van der Waals surface area (Å²) in [6.07, 6.45) is -0.0537. The molecule has 0 aliphatic rings. The van der Waals surface area contributed by atoms with Crippen molar-refractivity contribution >= 4 is 22.9 Å². The van der Waals surface area contributed by atoms with Crippen molar-refractivity contribution in [2.75, 3.05) is 5.73 Å². The van der Waals surface area contributed by atoms with Crippen LogP contribution in [0.3, 0.4) is 0 Å². The summed E-state index contributed by atoms with van der Waals surface area (Å²) in [6.45, 7) is 1.82. The summed E-state index contributed by atoms with van der Waals surface area (Å²) in [5.41, 5.74) is 5.94. The number of nitrogen functional groups attached to an aromatic ring is 1. The van der Waals surface area contributed by atoms with Crippen LogP contribution in [-0.4, -0.2) is 31.9 Å². The second kappa shape index (κ2) is 7.83. The maximum absolute atomic E-state index is 12.9. The number of imidazole rings is 1. The number of fused-ring (bicyclic) bond motifs is 1. The molecule has 0 fully saturated rings. The quantitative estimate of drug-likeness (QED) is 0.597. The van der Waals surface area contributed by atoms with Gasteiger partial charge in [-0.3, -0.25) is 4.79 Å². The number of aromatic amines is 1. The van der Waals surface area contributed by atoms with E-state index in [2.05, 4.69) is 25.3 Å². The van der Waals surface area contributed by atoms with E-state index in [1.165, 1.54) is 6.20 Å². The number of halogens is 3. The first-order valence-electron chi connectivity index (χ1n) is 8.67. The Hall–Kier alpha value is -3.17. The summed E-state index contributed by atoms with van der Waals surface area (Å²) in [5.74, 6) is -0.727. The number of pyridine rings is 2.